The van der Waals surface area contributed by atoms with Gasteiger partial charge in [0.2, 0.25) is 0 Å². The molecule has 0 heterocycles. The fourth-order valence-electron chi connectivity index (χ4n) is 10.6. The lowest BCUT2D eigenvalue weighted by atomic mass is 10.0. The predicted molar refractivity (Wildman–Crippen MR) is 358 cm³/mol. The van der Waals surface area contributed by atoms with Gasteiger partial charge in [0.25, 0.3) is 0 Å². The van der Waals surface area contributed by atoms with Gasteiger partial charge in [-0.05, 0) is 31.6 Å². The number of aliphatic hydroxyl groups is 1. The van der Waals surface area contributed by atoms with Crippen molar-refractivity contribution in [2.24, 2.45) is 5.92 Å². The fourth-order valence-corrected chi connectivity index (χ4v) is 12.2. The van der Waals surface area contributed by atoms with E-state index in [2.05, 4.69) is 34.6 Å². The summed E-state index contributed by atoms with van der Waals surface area (Å²) >= 11 is 0. The Hall–Kier alpha value is -1.94. The van der Waals surface area contributed by atoms with Crippen molar-refractivity contribution < 1.29 is 80.2 Å². The van der Waals surface area contributed by atoms with Gasteiger partial charge in [-0.25, -0.2) is 9.13 Å². The largest absolute Gasteiger partial charge is 0.472 e. The highest BCUT2D eigenvalue weighted by molar-refractivity contribution is 7.47. The lowest BCUT2D eigenvalue weighted by Gasteiger charge is -2.21. The van der Waals surface area contributed by atoms with Crippen molar-refractivity contribution in [2.75, 3.05) is 39.6 Å². The van der Waals surface area contributed by atoms with Gasteiger partial charge in [0.15, 0.2) is 12.2 Å². The van der Waals surface area contributed by atoms with Crippen molar-refractivity contribution in [1.29, 1.82) is 0 Å². The molecule has 0 saturated heterocycles. The second kappa shape index (κ2) is 63.5. The quantitative estimate of drug-likeness (QED) is 0.0222. The van der Waals surface area contributed by atoms with E-state index in [1.165, 1.54) is 161 Å². The molecule has 0 aliphatic rings. The van der Waals surface area contributed by atoms with E-state index in [-0.39, 0.29) is 25.7 Å². The Balaban J connectivity index is 5.09. The summed E-state index contributed by atoms with van der Waals surface area (Å²) < 4.78 is 68.0. The molecule has 0 amide bonds. The summed E-state index contributed by atoms with van der Waals surface area (Å²) in [4.78, 5) is 72.2. The van der Waals surface area contributed by atoms with Crippen LogP contribution in [0.15, 0.2) is 0 Å². The summed E-state index contributed by atoms with van der Waals surface area (Å²) in [6, 6.07) is 0. The highest BCUT2D eigenvalue weighted by Gasteiger charge is 2.30. The summed E-state index contributed by atoms with van der Waals surface area (Å²) in [7, 11) is -9.88. The third-order valence-corrected chi connectivity index (χ3v) is 18.2. The molecule has 0 bridgehead atoms. The number of phosphoric ester groups is 2. The Labute approximate surface area is 543 Å². The molecule has 0 aromatic heterocycles. The van der Waals surface area contributed by atoms with Gasteiger partial charge in [0.05, 0.1) is 26.4 Å². The van der Waals surface area contributed by atoms with E-state index in [4.69, 9.17) is 37.0 Å². The topological polar surface area (TPSA) is 237 Å². The second-order valence-electron chi connectivity index (χ2n) is 25.7. The van der Waals surface area contributed by atoms with Gasteiger partial charge >= 0.3 is 39.5 Å². The molecule has 0 saturated carbocycles. The minimum Gasteiger partial charge on any atom is -0.462 e. The van der Waals surface area contributed by atoms with Crippen LogP contribution >= 0.6 is 15.6 Å². The van der Waals surface area contributed by atoms with Crippen LogP contribution in [0.1, 0.15) is 362 Å². The van der Waals surface area contributed by atoms with Crippen LogP contribution in [0.4, 0.5) is 0 Å². The molecule has 3 N–H and O–H groups in total. The Morgan fingerprint density at radius 1 is 0.303 bits per heavy atom. The molecular formula is C70H136O17P2. The van der Waals surface area contributed by atoms with E-state index in [9.17, 15) is 43.2 Å². The van der Waals surface area contributed by atoms with E-state index >= 15 is 0 Å². The normalized spacial score (nSPS) is 14.1. The van der Waals surface area contributed by atoms with Crippen LogP contribution in [0.5, 0.6) is 0 Å². The zero-order valence-corrected chi connectivity index (χ0v) is 59.4. The molecular weight excluding hydrogens is 1170 g/mol. The van der Waals surface area contributed by atoms with Crippen molar-refractivity contribution in [2.45, 2.75) is 380 Å². The van der Waals surface area contributed by atoms with E-state index in [1.807, 2.05) is 0 Å². The Bertz CT molecular complexity index is 1720. The zero-order chi connectivity index (χ0) is 65.6. The van der Waals surface area contributed by atoms with E-state index in [0.717, 1.165) is 121 Å². The lowest BCUT2D eigenvalue weighted by molar-refractivity contribution is -0.161. The molecule has 528 valence electrons. The number of carbonyl (C=O) groups excluding carboxylic acids is 4. The monoisotopic (exact) mass is 1310 g/mol. The lowest BCUT2D eigenvalue weighted by Crippen LogP contribution is -2.30. The zero-order valence-electron chi connectivity index (χ0n) is 57.6. The maximum atomic E-state index is 13.0. The molecule has 0 spiro atoms. The van der Waals surface area contributed by atoms with Crippen molar-refractivity contribution in [3.63, 3.8) is 0 Å². The maximum absolute atomic E-state index is 13.0. The third-order valence-electron chi connectivity index (χ3n) is 16.3. The third kappa shape index (κ3) is 64.6. The number of unbranched alkanes of at least 4 members (excludes halogenated alkanes) is 42. The minimum absolute atomic E-state index is 0.104. The van der Waals surface area contributed by atoms with Gasteiger partial charge in [-0.1, -0.05) is 311 Å². The standard InChI is InChI=1S/C70H136O17P2/c1-6-9-12-15-18-19-20-21-22-23-24-25-26-27-28-29-30-31-36-41-46-51-56-70(75)87-66(60-81-68(73)54-49-44-40-35-33-32-34-39-42-47-52-63(4)5)62-85-89(78,79)83-58-64(71)57-82-88(76,77)84-61-65(86-69(74)55-50-45-38-17-14-11-8-3)59-80-67(72)53-48-43-37-16-13-10-7-2/h63-66,71H,6-62H2,1-5H3,(H,76,77)(H,78,79)/t64-,65+,66+/m0/s1. The number of esters is 4. The Kier molecular flexibility index (Phi) is 62.1. The van der Waals surface area contributed by atoms with E-state index < -0.39 is 97.5 Å². The van der Waals surface area contributed by atoms with Gasteiger partial charge in [-0.15, -0.1) is 0 Å². The number of carbonyl (C=O) groups is 4. The smallest absolute Gasteiger partial charge is 0.462 e. The van der Waals surface area contributed by atoms with Crippen LogP contribution in [-0.2, 0) is 65.4 Å². The molecule has 0 aliphatic carbocycles. The van der Waals surface area contributed by atoms with Crippen molar-refractivity contribution in [3.8, 4) is 0 Å². The van der Waals surface area contributed by atoms with Crippen molar-refractivity contribution in [3.05, 3.63) is 0 Å². The van der Waals surface area contributed by atoms with E-state index in [1.54, 1.807) is 0 Å². The number of phosphoric acid groups is 2. The number of hydrogen-bond acceptors (Lipinski definition) is 15. The number of rotatable bonds is 70. The van der Waals surface area contributed by atoms with Gasteiger partial charge in [0.1, 0.15) is 19.3 Å². The van der Waals surface area contributed by atoms with Gasteiger partial charge in [-0.3, -0.25) is 37.3 Å². The average Bonchev–Trinajstić information content (AvgIpc) is 3.66. The van der Waals surface area contributed by atoms with E-state index in [0.29, 0.717) is 25.7 Å². The number of ether oxygens (including phenoxy) is 4. The Morgan fingerprint density at radius 2 is 0.517 bits per heavy atom. The molecule has 19 heteroatoms. The van der Waals surface area contributed by atoms with Crippen molar-refractivity contribution >= 4 is 39.5 Å². The number of aliphatic hydroxyl groups excluding tert-OH is 1. The first-order valence-corrected chi connectivity index (χ1v) is 39.6. The molecule has 17 nitrogen and oxygen atoms in total. The predicted octanol–water partition coefficient (Wildman–Crippen LogP) is 20.1. The molecule has 89 heavy (non-hydrogen) atoms. The van der Waals surface area contributed by atoms with Crippen LogP contribution in [0.25, 0.3) is 0 Å². The second-order valence-corrected chi connectivity index (χ2v) is 28.7. The number of hydrogen-bond donors (Lipinski definition) is 3. The molecule has 0 aliphatic heterocycles. The molecule has 5 atom stereocenters. The first-order valence-electron chi connectivity index (χ1n) is 36.6. The van der Waals surface area contributed by atoms with Gasteiger partial charge < -0.3 is 33.8 Å². The maximum Gasteiger partial charge on any atom is 0.472 e. The molecule has 2 unspecified atom stereocenters. The minimum atomic E-state index is -4.95. The average molecular weight is 1310 g/mol. The molecule has 0 aromatic carbocycles. The summed E-state index contributed by atoms with van der Waals surface area (Å²) in [5.74, 6) is -1.38. The first-order chi connectivity index (χ1) is 43.0. The molecule has 0 aromatic rings. The van der Waals surface area contributed by atoms with Crippen molar-refractivity contribution in [1.82, 2.24) is 0 Å². The molecule has 0 fully saturated rings. The van der Waals surface area contributed by atoms with Crippen LogP contribution in [0, 0.1) is 5.92 Å². The first kappa shape index (κ1) is 87.1. The fraction of sp³-hybridized carbons (Fsp3) is 0.943. The Morgan fingerprint density at radius 3 is 0.764 bits per heavy atom. The molecule has 0 rings (SSSR count). The van der Waals surface area contributed by atoms with Gasteiger partial charge in [-0.2, -0.15) is 0 Å². The summed E-state index contributed by atoms with van der Waals surface area (Å²) in [6.07, 6.45) is 50.5. The summed E-state index contributed by atoms with van der Waals surface area (Å²) in [5, 5.41) is 10.5. The summed E-state index contributed by atoms with van der Waals surface area (Å²) in [6.45, 7) is 7.14. The molecule has 0 radical (unpaired) electrons. The van der Waals surface area contributed by atoms with Crippen LogP contribution in [0.2, 0.25) is 0 Å². The highest BCUT2D eigenvalue weighted by Crippen LogP contribution is 2.45. The van der Waals surface area contributed by atoms with Crippen LogP contribution in [-0.4, -0.2) is 96.7 Å². The summed E-state index contributed by atoms with van der Waals surface area (Å²) in [5.41, 5.74) is 0. The highest BCUT2D eigenvalue weighted by atomic mass is 31.2. The van der Waals surface area contributed by atoms with Crippen LogP contribution < -0.4 is 0 Å². The SMILES string of the molecule is CCCCCCCCCCCCCCCCCCCCCCCCC(=O)O[C@H](COC(=O)CCCCCCCCCCCCC(C)C)COP(=O)(O)OC[C@@H](O)COP(=O)(O)OC[C@@H](COC(=O)CCCCCCCCC)OC(=O)CCCCCCCCC. The van der Waals surface area contributed by atoms with Crippen LogP contribution in [0.3, 0.4) is 0 Å². The van der Waals surface area contributed by atoms with Gasteiger partial charge in [0, 0.05) is 25.7 Å².